The Morgan fingerprint density at radius 3 is 2.11 bits per heavy atom. The topological polar surface area (TPSA) is 6.48 Å². The van der Waals surface area contributed by atoms with Crippen molar-refractivity contribution in [1.29, 1.82) is 0 Å². The molecule has 0 aliphatic carbocycles. The van der Waals surface area contributed by atoms with Gasteiger partial charge in [0, 0.05) is 44.8 Å². The summed E-state index contributed by atoms with van der Waals surface area (Å²) in [6.45, 7) is 0. The molecule has 2 aromatic rings. The van der Waals surface area contributed by atoms with E-state index in [0.29, 0.717) is 0 Å². The number of thiocarbonyl (C=S) groups is 1. The highest BCUT2D eigenvalue weighted by Gasteiger charge is 2.12. The summed E-state index contributed by atoms with van der Waals surface area (Å²) in [5.74, 6) is 0. The molecular formula is C15H18N2S. The van der Waals surface area contributed by atoms with Crippen LogP contribution in [0.3, 0.4) is 0 Å². The van der Waals surface area contributed by atoms with Gasteiger partial charge in [-0.15, -0.1) is 0 Å². The van der Waals surface area contributed by atoms with Gasteiger partial charge in [-0.05, 0) is 11.5 Å². The van der Waals surface area contributed by atoms with Crippen LogP contribution in [0.5, 0.6) is 0 Å². The van der Waals surface area contributed by atoms with Crippen LogP contribution in [-0.2, 0) is 0 Å². The van der Waals surface area contributed by atoms with Crippen LogP contribution in [0.2, 0.25) is 0 Å². The Morgan fingerprint density at radius 1 is 0.944 bits per heavy atom. The number of hydrogen-bond acceptors (Lipinski definition) is 2. The number of rotatable bonds is 2. The van der Waals surface area contributed by atoms with Gasteiger partial charge in [0.2, 0.25) is 0 Å². The van der Waals surface area contributed by atoms with Gasteiger partial charge < -0.3 is 9.80 Å². The first kappa shape index (κ1) is 12.8. The highest BCUT2D eigenvalue weighted by atomic mass is 32.1. The number of nitrogens with zero attached hydrogens (tertiary/aromatic N) is 2. The van der Waals surface area contributed by atoms with Gasteiger partial charge in [-0.1, -0.05) is 42.5 Å². The smallest absolute Gasteiger partial charge is 0.109 e. The van der Waals surface area contributed by atoms with Gasteiger partial charge in [0.25, 0.3) is 0 Å². The van der Waals surface area contributed by atoms with E-state index in [1.54, 1.807) is 0 Å². The average Bonchev–Trinajstić information content (AvgIpc) is 2.36. The molecular weight excluding hydrogens is 240 g/mol. The molecule has 2 aromatic carbocycles. The lowest BCUT2D eigenvalue weighted by molar-refractivity contribution is 0.637. The molecule has 0 aliphatic rings. The van der Waals surface area contributed by atoms with E-state index < -0.39 is 0 Å². The summed E-state index contributed by atoms with van der Waals surface area (Å²) in [7, 11) is 8.09. The van der Waals surface area contributed by atoms with Gasteiger partial charge >= 0.3 is 0 Å². The summed E-state index contributed by atoms with van der Waals surface area (Å²) >= 11 is 5.53. The highest BCUT2D eigenvalue weighted by molar-refractivity contribution is 7.80. The molecule has 94 valence electrons. The summed E-state index contributed by atoms with van der Waals surface area (Å²) in [6.07, 6.45) is 0. The maximum absolute atomic E-state index is 5.53. The highest BCUT2D eigenvalue weighted by Crippen LogP contribution is 2.29. The standard InChI is InChI=1S/C15H18N2S/c1-16(2)13-10-6-8-11-7-5-9-12(14(11)13)15(18)17(3)4/h5-10H,1-4H3. The Balaban J connectivity index is 2.78. The molecule has 2 nitrogen and oxygen atoms in total. The normalized spacial score (nSPS) is 10.4. The van der Waals surface area contributed by atoms with Crippen molar-refractivity contribution in [2.75, 3.05) is 33.1 Å². The SMILES string of the molecule is CN(C)C(=S)c1cccc2cccc(N(C)C)c12. The minimum Gasteiger partial charge on any atom is -0.377 e. The monoisotopic (exact) mass is 258 g/mol. The quantitative estimate of drug-likeness (QED) is 0.764. The molecule has 0 atom stereocenters. The Hall–Kier alpha value is -1.61. The first-order valence-corrected chi connectivity index (χ1v) is 6.34. The molecule has 0 radical (unpaired) electrons. The van der Waals surface area contributed by atoms with Crippen LogP contribution in [-0.4, -0.2) is 38.1 Å². The number of anilines is 1. The Morgan fingerprint density at radius 2 is 1.56 bits per heavy atom. The van der Waals surface area contributed by atoms with Crippen LogP contribution < -0.4 is 4.90 Å². The molecule has 0 amide bonds. The third-order valence-corrected chi connectivity index (χ3v) is 3.59. The third-order valence-electron chi connectivity index (χ3n) is 3.00. The maximum atomic E-state index is 5.53. The van der Waals surface area contributed by atoms with Crippen LogP contribution in [0.25, 0.3) is 10.8 Å². The summed E-state index contributed by atoms with van der Waals surface area (Å²) in [5, 5.41) is 2.45. The van der Waals surface area contributed by atoms with Crippen molar-refractivity contribution in [3.63, 3.8) is 0 Å². The zero-order valence-electron chi connectivity index (χ0n) is 11.3. The van der Waals surface area contributed by atoms with E-state index in [9.17, 15) is 0 Å². The van der Waals surface area contributed by atoms with Crippen LogP contribution in [0.15, 0.2) is 36.4 Å². The molecule has 0 bridgehead atoms. The van der Waals surface area contributed by atoms with Crippen molar-refractivity contribution in [2.45, 2.75) is 0 Å². The first-order valence-electron chi connectivity index (χ1n) is 5.93. The predicted molar refractivity (Wildman–Crippen MR) is 83.7 cm³/mol. The summed E-state index contributed by atoms with van der Waals surface area (Å²) in [6, 6.07) is 12.6. The molecule has 0 fully saturated rings. The van der Waals surface area contributed by atoms with E-state index in [0.717, 1.165) is 10.6 Å². The van der Waals surface area contributed by atoms with Crippen molar-refractivity contribution < 1.29 is 0 Å². The fourth-order valence-electron chi connectivity index (χ4n) is 2.11. The van der Waals surface area contributed by atoms with Gasteiger partial charge in [0.15, 0.2) is 0 Å². The zero-order valence-corrected chi connectivity index (χ0v) is 12.1. The van der Waals surface area contributed by atoms with Gasteiger partial charge in [0.1, 0.15) is 4.99 Å². The lowest BCUT2D eigenvalue weighted by Crippen LogP contribution is -2.21. The van der Waals surface area contributed by atoms with Gasteiger partial charge in [-0.2, -0.15) is 0 Å². The van der Waals surface area contributed by atoms with E-state index in [4.69, 9.17) is 12.2 Å². The van der Waals surface area contributed by atoms with Crippen LogP contribution in [0, 0.1) is 0 Å². The van der Waals surface area contributed by atoms with Crippen LogP contribution >= 0.6 is 12.2 Å². The van der Waals surface area contributed by atoms with Crippen LogP contribution in [0.4, 0.5) is 5.69 Å². The second-order valence-electron chi connectivity index (χ2n) is 4.77. The van der Waals surface area contributed by atoms with Gasteiger partial charge in [-0.25, -0.2) is 0 Å². The minimum atomic E-state index is 0.870. The zero-order chi connectivity index (χ0) is 13.3. The molecule has 0 N–H and O–H groups in total. The molecule has 0 spiro atoms. The first-order chi connectivity index (χ1) is 8.52. The van der Waals surface area contributed by atoms with E-state index in [1.807, 2.05) is 19.0 Å². The predicted octanol–water partition coefficient (Wildman–Crippen LogP) is 3.14. The molecule has 0 aromatic heterocycles. The maximum Gasteiger partial charge on any atom is 0.109 e. The van der Waals surface area contributed by atoms with Gasteiger partial charge in [0.05, 0.1) is 0 Å². The molecule has 0 heterocycles. The molecule has 2 rings (SSSR count). The van der Waals surface area contributed by atoms with Gasteiger partial charge in [-0.3, -0.25) is 0 Å². The molecule has 0 unspecified atom stereocenters. The Kier molecular flexibility index (Phi) is 3.53. The molecule has 0 saturated heterocycles. The van der Waals surface area contributed by atoms with E-state index in [1.165, 1.54) is 16.5 Å². The van der Waals surface area contributed by atoms with Crippen molar-refractivity contribution in [2.24, 2.45) is 0 Å². The molecule has 3 heteroatoms. The summed E-state index contributed by atoms with van der Waals surface area (Å²) in [4.78, 5) is 4.98. The number of benzene rings is 2. The van der Waals surface area contributed by atoms with Crippen molar-refractivity contribution in [3.8, 4) is 0 Å². The van der Waals surface area contributed by atoms with E-state index in [2.05, 4.69) is 55.4 Å². The lowest BCUT2D eigenvalue weighted by atomic mass is 10.0. The van der Waals surface area contributed by atoms with Crippen molar-refractivity contribution >= 4 is 33.7 Å². The number of fused-ring (bicyclic) bond motifs is 1. The fourth-order valence-corrected chi connectivity index (χ4v) is 2.28. The Labute approximate surface area is 114 Å². The van der Waals surface area contributed by atoms with E-state index >= 15 is 0 Å². The second-order valence-corrected chi connectivity index (χ2v) is 5.16. The third kappa shape index (κ3) is 2.18. The largest absolute Gasteiger partial charge is 0.377 e. The second kappa shape index (κ2) is 4.94. The Bertz CT molecular complexity index is 583. The van der Waals surface area contributed by atoms with Crippen molar-refractivity contribution in [3.05, 3.63) is 42.0 Å². The number of hydrogen-bond donors (Lipinski definition) is 0. The average molecular weight is 258 g/mol. The lowest BCUT2D eigenvalue weighted by Gasteiger charge is -2.20. The van der Waals surface area contributed by atoms with Crippen LogP contribution in [0.1, 0.15) is 5.56 Å². The minimum absolute atomic E-state index is 0.870. The molecule has 0 saturated carbocycles. The van der Waals surface area contributed by atoms with Crippen molar-refractivity contribution in [1.82, 2.24) is 4.90 Å². The summed E-state index contributed by atoms with van der Waals surface area (Å²) in [5.41, 5.74) is 2.32. The fraction of sp³-hybridized carbons (Fsp3) is 0.267. The molecule has 0 aliphatic heterocycles. The molecule has 18 heavy (non-hydrogen) atoms. The summed E-state index contributed by atoms with van der Waals surface area (Å²) < 4.78 is 0. The van der Waals surface area contributed by atoms with E-state index in [-0.39, 0.29) is 0 Å².